The van der Waals surface area contributed by atoms with Crippen molar-refractivity contribution in [2.45, 2.75) is 25.4 Å². The van der Waals surface area contributed by atoms with Crippen LogP contribution in [0.25, 0.3) is 0 Å². The van der Waals surface area contributed by atoms with Crippen LogP contribution in [0.1, 0.15) is 19.3 Å². The molecule has 0 aliphatic rings. The fraction of sp³-hybridized carbons (Fsp3) is 1.00. The van der Waals surface area contributed by atoms with Gasteiger partial charge in [0.1, 0.15) is 0 Å². The topological polar surface area (TPSA) is 101 Å². The van der Waals surface area contributed by atoms with Crippen LogP contribution in [0.15, 0.2) is 0 Å². The Morgan fingerprint density at radius 1 is 1.00 bits per heavy atom. The molecule has 0 fully saturated rings. The SMILES string of the molecule is OCCCC(CO)(CO)CC(O)CO. The van der Waals surface area contributed by atoms with Crippen molar-refractivity contribution in [2.24, 2.45) is 5.41 Å². The van der Waals surface area contributed by atoms with E-state index in [1.54, 1.807) is 0 Å². The van der Waals surface area contributed by atoms with Gasteiger partial charge in [0.05, 0.1) is 25.9 Å². The van der Waals surface area contributed by atoms with Gasteiger partial charge in [-0.1, -0.05) is 0 Å². The van der Waals surface area contributed by atoms with Crippen LogP contribution in [0.3, 0.4) is 0 Å². The van der Waals surface area contributed by atoms with Gasteiger partial charge in [0.2, 0.25) is 0 Å². The molecule has 0 bridgehead atoms. The van der Waals surface area contributed by atoms with E-state index in [-0.39, 0.29) is 32.8 Å². The van der Waals surface area contributed by atoms with Crippen molar-refractivity contribution in [3.05, 3.63) is 0 Å². The van der Waals surface area contributed by atoms with E-state index in [1.165, 1.54) is 0 Å². The maximum absolute atomic E-state index is 9.22. The van der Waals surface area contributed by atoms with Crippen LogP contribution < -0.4 is 0 Å². The van der Waals surface area contributed by atoms with Crippen LogP contribution in [0, 0.1) is 5.41 Å². The fourth-order valence-electron chi connectivity index (χ4n) is 1.46. The monoisotopic (exact) mass is 208 g/mol. The van der Waals surface area contributed by atoms with E-state index in [9.17, 15) is 5.11 Å². The minimum absolute atomic E-state index is 0.0169. The van der Waals surface area contributed by atoms with Crippen LogP contribution in [0.2, 0.25) is 0 Å². The Labute approximate surface area is 83.6 Å². The molecule has 1 atom stereocenters. The zero-order chi connectivity index (χ0) is 11.0. The summed E-state index contributed by atoms with van der Waals surface area (Å²) < 4.78 is 0. The van der Waals surface area contributed by atoms with Gasteiger partial charge in [-0.3, -0.25) is 0 Å². The quantitative estimate of drug-likeness (QED) is 0.333. The summed E-state index contributed by atoms with van der Waals surface area (Å²) in [6.07, 6.45) is 0.0801. The van der Waals surface area contributed by atoms with Crippen LogP contribution in [-0.2, 0) is 0 Å². The molecule has 0 aliphatic heterocycles. The largest absolute Gasteiger partial charge is 0.396 e. The molecule has 5 N–H and O–H groups in total. The van der Waals surface area contributed by atoms with Gasteiger partial charge in [0.25, 0.3) is 0 Å². The van der Waals surface area contributed by atoms with Gasteiger partial charge in [0, 0.05) is 12.0 Å². The maximum atomic E-state index is 9.22. The summed E-state index contributed by atoms with van der Waals surface area (Å²) in [5, 5.41) is 44.7. The Balaban J connectivity index is 4.20. The first-order valence-electron chi connectivity index (χ1n) is 4.75. The molecular formula is C9H20O5. The van der Waals surface area contributed by atoms with Crippen LogP contribution >= 0.6 is 0 Å². The van der Waals surface area contributed by atoms with Gasteiger partial charge in [0.15, 0.2) is 0 Å². The van der Waals surface area contributed by atoms with E-state index in [4.69, 9.17) is 20.4 Å². The smallest absolute Gasteiger partial charge is 0.0777 e. The molecule has 0 aromatic rings. The second kappa shape index (κ2) is 7.14. The predicted molar refractivity (Wildman–Crippen MR) is 50.6 cm³/mol. The summed E-state index contributed by atoms with van der Waals surface area (Å²) in [7, 11) is 0. The molecule has 86 valence electrons. The highest BCUT2D eigenvalue weighted by molar-refractivity contribution is 4.80. The minimum atomic E-state index is -0.937. The van der Waals surface area contributed by atoms with Crippen molar-refractivity contribution in [1.82, 2.24) is 0 Å². The lowest BCUT2D eigenvalue weighted by atomic mass is 9.80. The third kappa shape index (κ3) is 4.34. The molecule has 0 radical (unpaired) electrons. The van der Waals surface area contributed by atoms with Crippen molar-refractivity contribution in [3.8, 4) is 0 Å². The summed E-state index contributed by atoms with van der Waals surface area (Å²) in [5.41, 5.74) is -0.801. The van der Waals surface area contributed by atoms with E-state index >= 15 is 0 Å². The van der Waals surface area contributed by atoms with Crippen LogP contribution in [0.4, 0.5) is 0 Å². The number of rotatable bonds is 8. The van der Waals surface area contributed by atoms with Gasteiger partial charge >= 0.3 is 0 Å². The Bertz CT molecular complexity index is 135. The standard InChI is InChI=1S/C9H20O5/c10-3-1-2-9(6-12,7-13)4-8(14)5-11/h8,10-14H,1-7H2. The van der Waals surface area contributed by atoms with Gasteiger partial charge in [-0.2, -0.15) is 0 Å². The number of hydrogen-bond donors (Lipinski definition) is 5. The lowest BCUT2D eigenvalue weighted by Gasteiger charge is -2.31. The molecule has 0 aromatic heterocycles. The molecule has 0 rings (SSSR count). The van der Waals surface area contributed by atoms with Gasteiger partial charge in [-0.05, 0) is 19.3 Å². The summed E-state index contributed by atoms with van der Waals surface area (Å²) in [6, 6.07) is 0. The average molecular weight is 208 g/mol. The number of aliphatic hydroxyl groups is 5. The van der Waals surface area contributed by atoms with E-state index < -0.39 is 11.5 Å². The highest BCUT2D eigenvalue weighted by atomic mass is 16.3. The van der Waals surface area contributed by atoms with E-state index in [0.717, 1.165) is 0 Å². The van der Waals surface area contributed by atoms with Crippen molar-refractivity contribution in [1.29, 1.82) is 0 Å². The summed E-state index contributed by atoms with van der Waals surface area (Å²) in [4.78, 5) is 0. The molecule has 5 nitrogen and oxygen atoms in total. The van der Waals surface area contributed by atoms with Gasteiger partial charge < -0.3 is 25.5 Å². The highest BCUT2D eigenvalue weighted by Crippen LogP contribution is 2.28. The molecular weight excluding hydrogens is 188 g/mol. The zero-order valence-corrected chi connectivity index (χ0v) is 8.26. The molecule has 0 saturated carbocycles. The molecule has 0 spiro atoms. The number of aliphatic hydroxyl groups excluding tert-OH is 5. The third-order valence-electron chi connectivity index (χ3n) is 2.42. The zero-order valence-electron chi connectivity index (χ0n) is 8.26. The lowest BCUT2D eigenvalue weighted by Crippen LogP contribution is -2.35. The van der Waals surface area contributed by atoms with Crippen LogP contribution in [-0.4, -0.2) is 58.1 Å². The number of hydrogen-bond acceptors (Lipinski definition) is 5. The van der Waals surface area contributed by atoms with Crippen molar-refractivity contribution in [2.75, 3.05) is 26.4 Å². The second-order valence-corrected chi connectivity index (χ2v) is 3.68. The van der Waals surface area contributed by atoms with Gasteiger partial charge in [-0.25, -0.2) is 0 Å². The Morgan fingerprint density at radius 2 is 1.57 bits per heavy atom. The van der Waals surface area contributed by atoms with E-state index in [1.807, 2.05) is 0 Å². The molecule has 5 heteroatoms. The first-order valence-corrected chi connectivity index (χ1v) is 4.75. The Kier molecular flexibility index (Phi) is 7.04. The maximum Gasteiger partial charge on any atom is 0.0777 e. The Hall–Kier alpha value is -0.200. The molecule has 0 heterocycles. The molecule has 14 heavy (non-hydrogen) atoms. The van der Waals surface area contributed by atoms with Crippen molar-refractivity contribution < 1.29 is 25.5 Å². The molecule has 0 aromatic carbocycles. The van der Waals surface area contributed by atoms with Crippen molar-refractivity contribution >= 4 is 0 Å². The molecule has 1 unspecified atom stereocenters. The van der Waals surface area contributed by atoms with Crippen molar-refractivity contribution in [3.63, 3.8) is 0 Å². The minimum Gasteiger partial charge on any atom is -0.396 e. The molecule has 0 amide bonds. The molecule has 0 saturated heterocycles. The first-order chi connectivity index (χ1) is 6.64. The Morgan fingerprint density at radius 3 is 1.93 bits per heavy atom. The van der Waals surface area contributed by atoms with E-state index in [0.29, 0.717) is 12.8 Å². The second-order valence-electron chi connectivity index (χ2n) is 3.68. The summed E-state index contributed by atoms with van der Waals surface area (Å²) >= 11 is 0. The third-order valence-corrected chi connectivity index (χ3v) is 2.42. The summed E-state index contributed by atoms with van der Waals surface area (Å²) in [5.74, 6) is 0. The predicted octanol–water partition coefficient (Wildman–Crippen LogP) is -1.53. The molecule has 0 aliphatic carbocycles. The average Bonchev–Trinajstić information content (AvgIpc) is 2.24. The normalized spacial score (nSPS) is 14.4. The van der Waals surface area contributed by atoms with Gasteiger partial charge in [-0.15, -0.1) is 0 Å². The highest BCUT2D eigenvalue weighted by Gasteiger charge is 2.30. The first kappa shape index (κ1) is 13.8. The summed E-state index contributed by atoms with van der Waals surface area (Å²) in [6.45, 7) is -0.932. The van der Waals surface area contributed by atoms with Crippen LogP contribution in [0.5, 0.6) is 0 Å². The van der Waals surface area contributed by atoms with E-state index in [2.05, 4.69) is 0 Å². The fourth-order valence-corrected chi connectivity index (χ4v) is 1.46. The lowest BCUT2D eigenvalue weighted by molar-refractivity contribution is -0.0182.